The lowest BCUT2D eigenvalue weighted by Crippen LogP contribution is -2.37. The first-order valence-electron chi connectivity index (χ1n) is 5.30. The standard InChI is InChI=1S/C11H16BrN3O/c1-9(2)15(7-3-5-12)11(16)10-4-6-13-14-8-10/h4,6,8-9H,3,5,7H2,1-2H3. The Bertz CT molecular complexity index is 329. The largest absolute Gasteiger partial charge is 0.336 e. The minimum atomic E-state index is 0.0193. The van der Waals surface area contributed by atoms with Gasteiger partial charge in [0.2, 0.25) is 0 Å². The maximum atomic E-state index is 12.1. The molecule has 1 amide bonds. The summed E-state index contributed by atoms with van der Waals surface area (Å²) in [5.74, 6) is 0.0193. The van der Waals surface area contributed by atoms with Gasteiger partial charge < -0.3 is 4.90 Å². The van der Waals surface area contributed by atoms with Crippen LogP contribution < -0.4 is 0 Å². The van der Waals surface area contributed by atoms with Crippen molar-refractivity contribution in [1.82, 2.24) is 15.1 Å². The maximum absolute atomic E-state index is 12.1. The van der Waals surface area contributed by atoms with Crippen molar-refractivity contribution < 1.29 is 4.79 Å². The number of rotatable bonds is 5. The predicted octanol–water partition coefficient (Wildman–Crippen LogP) is 2.11. The Labute approximate surface area is 104 Å². The Morgan fingerprint density at radius 1 is 1.50 bits per heavy atom. The van der Waals surface area contributed by atoms with Crippen LogP contribution >= 0.6 is 15.9 Å². The van der Waals surface area contributed by atoms with Gasteiger partial charge in [0.25, 0.3) is 5.91 Å². The first kappa shape index (κ1) is 13.1. The van der Waals surface area contributed by atoms with E-state index in [1.54, 1.807) is 6.07 Å². The molecule has 0 spiro atoms. The average Bonchev–Trinajstić information content (AvgIpc) is 2.30. The van der Waals surface area contributed by atoms with Gasteiger partial charge in [0.1, 0.15) is 0 Å². The van der Waals surface area contributed by atoms with Gasteiger partial charge in [0, 0.05) is 17.9 Å². The van der Waals surface area contributed by atoms with Gasteiger partial charge >= 0.3 is 0 Å². The summed E-state index contributed by atoms with van der Waals surface area (Å²) in [6.07, 6.45) is 3.99. The van der Waals surface area contributed by atoms with E-state index in [4.69, 9.17) is 0 Å². The summed E-state index contributed by atoms with van der Waals surface area (Å²) in [6.45, 7) is 4.78. The lowest BCUT2D eigenvalue weighted by atomic mass is 10.2. The molecule has 0 atom stereocenters. The van der Waals surface area contributed by atoms with Crippen molar-refractivity contribution in [3.8, 4) is 0 Å². The second kappa shape index (κ2) is 6.58. The molecule has 0 saturated carbocycles. The number of halogens is 1. The monoisotopic (exact) mass is 285 g/mol. The average molecular weight is 286 g/mol. The van der Waals surface area contributed by atoms with Gasteiger partial charge in [0.15, 0.2) is 0 Å². The Kier molecular flexibility index (Phi) is 5.38. The first-order chi connectivity index (χ1) is 7.66. The van der Waals surface area contributed by atoms with E-state index in [2.05, 4.69) is 26.1 Å². The van der Waals surface area contributed by atoms with Crippen molar-refractivity contribution in [1.29, 1.82) is 0 Å². The Morgan fingerprint density at radius 2 is 2.25 bits per heavy atom. The van der Waals surface area contributed by atoms with E-state index >= 15 is 0 Å². The highest BCUT2D eigenvalue weighted by Crippen LogP contribution is 2.08. The Hall–Kier alpha value is -0.970. The summed E-state index contributed by atoms with van der Waals surface area (Å²) in [7, 11) is 0. The van der Waals surface area contributed by atoms with Gasteiger partial charge in [-0.05, 0) is 26.3 Å². The number of nitrogens with zero attached hydrogens (tertiary/aromatic N) is 3. The van der Waals surface area contributed by atoms with Gasteiger partial charge in [-0.3, -0.25) is 4.79 Å². The van der Waals surface area contributed by atoms with Crippen molar-refractivity contribution in [2.24, 2.45) is 0 Å². The third-order valence-corrected chi connectivity index (χ3v) is 2.81. The summed E-state index contributed by atoms with van der Waals surface area (Å²) < 4.78 is 0. The number of carbonyl (C=O) groups is 1. The molecule has 88 valence electrons. The van der Waals surface area contributed by atoms with Gasteiger partial charge in [-0.2, -0.15) is 10.2 Å². The quantitative estimate of drug-likeness (QED) is 0.779. The summed E-state index contributed by atoms with van der Waals surface area (Å²) in [4.78, 5) is 14.0. The van der Waals surface area contributed by atoms with E-state index in [0.29, 0.717) is 5.56 Å². The molecule has 0 aromatic carbocycles. The van der Waals surface area contributed by atoms with Crippen LogP contribution in [0.25, 0.3) is 0 Å². The molecule has 0 aliphatic carbocycles. The summed E-state index contributed by atoms with van der Waals surface area (Å²) in [5, 5.41) is 8.29. The first-order valence-corrected chi connectivity index (χ1v) is 6.42. The molecule has 1 heterocycles. The van der Waals surface area contributed by atoms with Crippen molar-refractivity contribution in [3.05, 3.63) is 24.0 Å². The van der Waals surface area contributed by atoms with Crippen LogP contribution in [-0.4, -0.2) is 38.9 Å². The van der Waals surface area contributed by atoms with E-state index in [1.807, 2.05) is 18.7 Å². The van der Waals surface area contributed by atoms with Crippen LogP contribution in [0, 0.1) is 0 Å². The molecule has 0 aliphatic heterocycles. The fourth-order valence-corrected chi connectivity index (χ4v) is 1.66. The van der Waals surface area contributed by atoms with Crippen LogP contribution in [0.1, 0.15) is 30.6 Å². The zero-order valence-electron chi connectivity index (χ0n) is 9.56. The van der Waals surface area contributed by atoms with Gasteiger partial charge in [-0.15, -0.1) is 0 Å². The second-order valence-corrected chi connectivity index (χ2v) is 4.56. The highest BCUT2D eigenvalue weighted by molar-refractivity contribution is 9.09. The number of alkyl halides is 1. The molecule has 1 aromatic heterocycles. The van der Waals surface area contributed by atoms with Crippen LogP contribution in [0.15, 0.2) is 18.5 Å². The van der Waals surface area contributed by atoms with Gasteiger partial charge in [-0.1, -0.05) is 15.9 Å². The maximum Gasteiger partial charge on any atom is 0.255 e. The smallest absolute Gasteiger partial charge is 0.255 e. The van der Waals surface area contributed by atoms with Crippen LogP contribution in [0.2, 0.25) is 0 Å². The molecule has 5 heteroatoms. The second-order valence-electron chi connectivity index (χ2n) is 3.77. The molecule has 0 fully saturated rings. The number of aromatic nitrogens is 2. The van der Waals surface area contributed by atoms with E-state index in [9.17, 15) is 4.79 Å². The van der Waals surface area contributed by atoms with Crippen LogP contribution in [0.4, 0.5) is 0 Å². The van der Waals surface area contributed by atoms with E-state index < -0.39 is 0 Å². The fraction of sp³-hybridized carbons (Fsp3) is 0.545. The molecule has 1 aromatic rings. The van der Waals surface area contributed by atoms with E-state index in [-0.39, 0.29) is 11.9 Å². The van der Waals surface area contributed by atoms with Crippen LogP contribution in [0.5, 0.6) is 0 Å². The normalized spacial score (nSPS) is 10.5. The van der Waals surface area contributed by atoms with Crippen LogP contribution in [-0.2, 0) is 0 Å². The lowest BCUT2D eigenvalue weighted by molar-refractivity contribution is 0.0706. The predicted molar refractivity (Wildman–Crippen MR) is 66.6 cm³/mol. The molecule has 4 nitrogen and oxygen atoms in total. The van der Waals surface area contributed by atoms with Crippen molar-refractivity contribution in [2.75, 3.05) is 11.9 Å². The molecule has 16 heavy (non-hydrogen) atoms. The number of hydrogen-bond donors (Lipinski definition) is 0. The fourth-order valence-electron chi connectivity index (χ4n) is 1.41. The third-order valence-electron chi connectivity index (χ3n) is 2.25. The molecule has 0 saturated heterocycles. The lowest BCUT2D eigenvalue weighted by Gasteiger charge is -2.26. The molecule has 0 aliphatic rings. The SMILES string of the molecule is CC(C)N(CCCBr)C(=O)c1ccnnc1. The molecular weight excluding hydrogens is 270 g/mol. The van der Waals surface area contributed by atoms with Gasteiger partial charge in [-0.25, -0.2) is 0 Å². The van der Waals surface area contributed by atoms with E-state index in [0.717, 1.165) is 18.3 Å². The molecule has 0 bridgehead atoms. The number of hydrogen-bond acceptors (Lipinski definition) is 3. The third kappa shape index (κ3) is 3.56. The molecule has 0 radical (unpaired) electrons. The number of amides is 1. The molecular formula is C11H16BrN3O. The molecule has 0 unspecified atom stereocenters. The summed E-state index contributed by atoms with van der Waals surface area (Å²) >= 11 is 3.37. The minimum Gasteiger partial charge on any atom is -0.336 e. The summed E-state index contributed by atoms with van der Waals surface area (Å²) in [6, 6.07) is 1.89. The van der Waals surface area contributed by atoms with Crippen molar-refractivity contribution in [2.45, 2.75) is 26.3 Å². The number of carbonyl (C=O) groups excluding carboxylic acids is 1. The molecule has 1 rings (SSSR count). The van der Waals surface area contributed by atoms with Crippen molar-refractivity contribution in [3.63, 3.8) is 0 Å². The topological polar surface area (TPSA) is 46.1 Å². The highest BCUT2D eigenvalue weighted by Gasteiger charge is 2.18. The van der Waals surface area contributed by atoms with E-state index in [1.165, 1.54) is 12.4 Å². The Morgan fingerprint density at radius 3 is 2.75 bits per heavy atom. The zero-order chi connectivity index (χ0) is 12.0. The zero-order valence-corrected chi connectivity index (χ0v) is 11.1. The minimum absolute atomic E-state index is 0.0193. The molecule has 0 N–H and O–H groups in total. The van der Waals surface area contributed by atoms with Crippen molar-refractivity contribution >= 4 is 21.8 Å². The highest BCUT2D eigenvalue weighted by atomic mass is 79.9. The summed E-state index contributed by atoms with van der Waals surface area (Å²) in [5.41, 5.74) is 0.596. The van der Waals surface area contributed by atoms with Gasteiger partial charge in [0.05, 0.1) is 18.0 Å². The Balaban J connectivity index is 2.75. The van der Waals surface area contributed by atoms with Crippen LogP contribution in [0.3, 0.4) is 0 Å².